The Labute approximate surface area is 82.7 Å². The first-order chi connectivity index (χ1) is 5.59. The molecule has 0 aliphatic rings. The number of nitrogens with one attached hydrogen (secondary N) is 1. The first kappa shape index (κ1) is 10.0. The monoisotopic (exact) mass is 203 g/mol. The normalized spacial score (nSPS) is 13.8. The van der Waals surface area contributed by atoms with Crippen LogP contribution in [0.3, 0.4) is 0 Å². The van der Waals surface area contributed by atoms with Crippen molar-refractivity contribution in [2.24, 2.45) is 0 Å². The molecular formula is C9H14ClNS. The molecule has 0 spiro atoms. The summed E-state index contributed by atoms with van der Waals surface area (Å²) >= 11 is 7.47. The first-order valence-corrected chi connectivity index (χ1v) is 5.30. The summed E-state index contributed by atoms with van der Waals surface area (Å²) in [5, 5.41) is 3.42. The molecule has 0 unspecified atom stereocenters. The van der Waals surface area contributed by atoms with Crippen LogP contribution < -0.4 is 5.32 Å². The van der Waals surface area contributed by atoms with Crippen molar-refractivity contribution in [3.8, 4) is 0 Å². The molecule has 0 saturated heterocycles. The van der Waals surface area contributed by atoms with E-state index in [9.17, 15) is 0 Å². The zero-order valence-electron chi connectivity index (χ0n) is 7.60. The van der Waals surface area contributed by atoms with Crippen LogP contribution in [0.15, 0.2) is 12.1 Å². The van der Waals surface area contributed by atoms with Gasteiger partial charge in [-0.2, -0.15) is 0 Å². The molecule has 0 bridgehead atoms. The lowest BCUT2D eigenvalue weighted by Crippen LogP contribution is -2.25. The van der Waals surface area contributed by atoms with Crippen molar-refractivity contribution in [3.63, 3.8) is 0 Å². The standard InChI is InChI=1S/C9H14ClNS/c1-6(2)11-7(3)8-4-5-9(10)12-8/h4-7,11H,1-3H3/t7-/m0/s1. The molecule has 0 aromatic carbocycles. The lowest BCUT2D eigenvalue weighted by atomic mass is 10.2. The van der Waals surface area contributed by atoms with Crippen LogP contribution >= 0.6 is 22.9 Å². The van der Waals surface area contributed by atoms with Gasteiger partial charge in [-0.05, 0) is 19.1 Å². The molecule has 1 aromatic heterocycles. The lowest BCUT2D eigenvalue weighted by molar-refractivity contribution is 0.512. The Morgan fingerprint density at radius 3 is 2.42 bits per heavy atom. The van der Waals surface area contributed by atoms with Gasteiger partial charge in [-0.25, -0.2) is 0 Å². The Kier molecular flexibility index (Phi) is 3.56. The Hall–Kier alpha value is -0.0500. The fourth-order valence-corrected chi connectivity index (χ4v) is 2.22. The van der Waals surface area contributed by atoms with Crippen LogP contribution in [0, 0.1) is 0 Å². The van der Waals surface area contributed by atoms with Gasteiger partial charge in [-0.15, -0.1) is 11.3 Å². The number of thiophene rings is 1. The van der Waals surface area contributed by atoms with Gasteiger partial charge in [0.05, 0.1) is 4.34 Å². The van der Waals surface area contributed by atoms with Gasteiger partial charge in [0.1, 0.15) is 0 Å². The van der Waals surface area contributed by atoms with Gasteiger partial charge in [0.15, 0.2) is 0 Å². The molecule has 0 fully saturated rings. The second-order valence-corrected chi connectivity index (χ2v) is 4.93. The van der Waals surface area contributed by atoms with Crippen LogP contribution in [-0.2, 0) is 0 Å². The molecule has 1 N–H and O–H groups in total. The van der Waals surface area contributed by atoms with Crippen molar-refractivity contribution in [1.82, 2.24) is 5.32 Å². The summed E-state index contributed by atoms with van der Waals surface area (Å²) in [4.78, 5) is 1.30. The van der Waals surface area contributed by atoms with Gasteiger partial charge in [0.2, 0.25) is 0 Å². The van der Waals surface area contributed by atoms with Crippen LogP contribution in [0.2, 0.25) is 4.34 Å². The highest BCUT2D eigenvalue weighted by Crippen LogP contribution is 2.26. The molecule has 1 aromatic rings. The topological polar surface area (TPSA) is 12.0 Å². The van der Waals surface area contributed by atoms with E-state index in [2.05, 4.69) is 32.2 Å². The summed E-state index contributed by atoms with van der Waals surface area (Å²) in [6.07, 6.45) is 0. The lowest BCUT2D eigenvalue weighted by Gasteiger charge is -2.14. The summed E-state index contributed by atoms with van der Waals surface area (Å²) in [7, 11) is 0. The number of hydrogen-bond acceptors (Lipinski definition) is 2. The SMILES string of the molecule is CC(C)N[C@@H](C)c1ccc(Cl)s1. The van der Waals surface area contributed by atoms with E-state index >= 15 is 0 Å². The first-order valence-electron chi connectivity index (χ1n) is 4.11. The quantitative estimate of drug-likeness (QED) is 0.794. The largest absolute Gasteiger partial charge is 0.307 e. The number of halogens is 1. The molecule has 1 rings (SSSR count). The molecule has 68 valence electrons. The van der Waals surface area contributed by atoms with Crippen LogP contribution in [0.4, 0.5) is 0 Å². The van der Waals surface area contributed by atoms with E-state index in [1.165, 1.54) is 4.88 Å². The van der Waals surface area contributed by atoms with Gasteiger partial charge >= 0.3 is 0 Å². The van der Waals surface area contributed by atoms with Crippen molar-refractivity contribution in [2.45, 2.75) is 32.9 Å². The van der Waals surface area contributed by atoms with Crippen molar-refractivity contribution in [2.75, 3.05) is 0 Å². The number of rotatable bonds is 3. The molecule has 0 saturated carbocycles. The second kappa shape index (κ2) is 4.26. The van der Waals surface area contributed by atoms with E-state index in [1.807, 2.05) is 6.07 Å². The average Bonchev–Trinajstić information content (AvgIpc) is 2.34. The van der Waals surface area contributed by atoms with Crippen molar-refractivity contribution >= 4 is 22.9 Å². The fourth-order valence-electron chi connectivity index (χ4n) is 1.14. The minimum atomic E-state index is 0.405. The van der Waals surface area contributed by atoms with Gasteiger partial charge < -0.3 is 5.32 Å². The third kappa shape index (κ3) is 2.77. The predicted octanol–water partition coefficient (Wildman–Crippen LogP) is 3.46. The van der Waals surface area contributed by atoms with Crippen LogP contribution in [0.1, 0.15) is 31.7 Å². The van der Waals surface area contributed by atoms with Gasteiger partial charge in [-0.3, -0.25) is 0 Å². The van der Waals surface area contributed by atoms with Crippen LogP contribution in [0.5, 0.6) is 0 Å². The van der Waals surface area contributed by atoms with Crippen molar-refractivity contribution in [3.05, 3.63) is 21.3 Å². The highest BCUT2D eigenvalue weighted by Gasteiger charge is 2.08. The smallest absolute Gasteiger partial charge is 0.0931 e. The number of hydrogen-bond donors (Lipinski definition) is 1. The van der Waals surface area contributed by atoms with E-state index in [1.54, 1.807) is 11.3 Å². The molecule has 1 nitrogen and oxygen atoms in total. The highest BCUT2D eigenvalue weighted by atomic mass is 35.5. The fraction of sp³-hybridized carbons (Fsp3) is 0.556. The zero-order chi connectivity index (χ0) is 9.14. The molecule has 0 radical (unpaired) electrons. The third-order valence-electron chi connectivity index (χ3n) is 1.60. The van der Waals surface area contributed by atoms with E-state index in [-0.39, 0.29) is 0 Å². The maximum absolute atomic E-state index is 5.83. The molecule has 12 heavy (non-hydrogen) atoms. The molecule has 0 amide bonds. The molecule has 0 aliphatic heterocycles. The minimum absolute atomic E-state index is 0.405. The molecule has 0 aliphatic carbocycles. The summed E-state index contributed by atoms with van der Waals surface area (Å²) in [5.41, 5.74) is 0. The molecule has 1 atom stereocenters. The maximum Gasteiger partial charge on any atom is 0.0931 e. The molecular weight excluding hydrogens is 190 g/mol. The van der Waals surface area contributed by atoms with Crippen LogP contribution in [0.25, 0.3) is 0 Å². The third-order valence-corrected chi connectivity index (χ3v) is 3.02. The van der Waals surface area contributed by atoms with E-state index in [4.69, 9.17) is 11.6 Å². The van der Waals surface area contributed by atoms with Gasteiger partial charge in [0, 0.05) is 17.0 Å². The summed E-state index contributed by atoms with van der Waals surface area (Å²) in [6.45, 7) is 6.44. The van der Waals surface area contributed by atoms with Crippen molar-refractivity contribution < 1.29 is 0 Å². The Morgan fingerprint density at radius 2 is 2.00 bits per heavy atom. The van der Waals surface area contributed by atoms with Gasteiger partial charge in [0.25, 0.3) is 0 Å². The Bertz CT molecular complexity index is 244. The van der Waals surface area contributed by atoms with Gasteiger partial charge in [-0.1, -0.05) is 25.4 Å². The van der Waals surface area contributed by atoms with Crippen LogP contribution in [-0.4, -0.2) is 6.04 Å². The molecule has 3 heteroatoms. The average molecular weight is 204 g/mol. The van der Waals surface area contributed by atoms with Crippen molar-refractivity contribution in [1.29, 1.82) is 0 Å². The second-order valence-electron chi connectivity index (χ2n) is 3.18. The maximum atomic E-state index is 5.83. The summed E-state index contributed by atoms with van der Waals surface area (Å²) in [6, 6.07) is 4.94. The Balaban J connectivity index is 2.58. The Morgan fingerprint density at radius 1 is 1.33 bits per heavy atom. The summed E-state index contributed by atoms with van der Waals surface area (Å²) in [5.74, 6) is 0. The van der Waals surface area contributed by atoms with E-state index in [0.29, 0.717) is 12.1 Å². The zero-order valence-corrected chi connectivity index (χ0v) is 9.17. The molecule has 1 heterocycles. The van der Waals surface area contributed by atoms with E-state index in [0.717, 1.165) is 4.34 Å². The highest BCUT2D eigenvalue weighted by molar-refractivity contribution is 7.16. The van der Waals surface area contributed by atoms with E-state index < -0.39 is 0 Å². The summed E-state index contributed by atoms with van der Waals surface area (Å²) < 4.78 is 0.863. The predicted molar refractivity (Wildman–Crippen MR) is 56.0 cm³/mol. The minimum Gasteiger partial charge on any atom is -0.307 e.